The van der Waals surface area contributed by atoms with Crippen molar-refractivity contribution in [2.45, 2.75) is 50.3 Å². The van der Waals surface area contributed by atoms with Crippen LogP contribution in [0.1, 0.15) is 42.6 Å². The van der Waals surface area contributed by atoms with Gasteiger partial charge in [0.05, 0.1) is 12.3 Å². The topological polar surface area (TPSA) is 53.4 Å². The number of rotatable bonds is 4. The van der Waals surface area contributed by atoms with Crippen molar-refractivity contribution in [3.05, 3.63) is 29.8 Å². The molecule has 0 aliphatic carbocycles. The number of ketones is 1. The number of halogens is 1. The van der Waals surface area contributed by atoms with Crippen molar-refractivity contribution in [3.8, 4) is 0 Å². The van der Waals surface area contributed by atoms with Gasteiger partial charge in [0.15, 0.2) is 5.78 Å². The smallest absolute Gasteiger partial charge is 0.182 e. The average Bonchev–Trinajstić information content (AvgIpc) is 2.67. The van der Waals surface area contributed by atoms with Gasteiger partial charge in [-0.2, -0.15) is 0 Å². The van der Waals surface area contributed by atoms with Crippen molar-refractivity contribution >= 4 is 5.78 Å². The van der Waals surface area contributed by atoms with E-state index in [0.29, 0.717) is 30.7 Å². The van der Waals surface area contributed by atoms with Crippen LogP contribution in [0.5, 0.6) is 0 Å². The first-order valence-corrected chi connectivity index (χ1v) is 7.22. The summed E-state index contributed by atoms with van der Waals surface area (Å²) in [5.74, 6) is -0.472. The zero-order valence-electron chi connectivity index (χ0n) is 11.3. The van der Waals surface area contributed by atoms with E-state index in [0.717, 1.165) is 31.9 Å². The van der Waals surface area contributed by atoms with Crippen LogP contribution in [0.4, 0.5) is 4.39 Å². The Bertz CT molecular complexity index is 477. The summed E-state index contributed by atoms with van der Waals surface area (Å²) in [5.41, 5.74) is 0.329. The number of hydrogen-bond donors (Lipinski definition) is 1. The summed E-state index contributed by atoms with van der Waals surface area (Å²) in [7, 11) is 0. The van der Waals surface area contributed by atoms with Crippen LogP contribution in [0.2, 0.25) is 0 Å². The molecule has 20 heavy (non-hydrogen) atoms. The molecule has 3 heterocycles. The van der Waals surface area contributed by atoms with Gasteiger partial charge in [-0.3, -0.25) is 14.7 Å². The minimum Gasteiger partial charge on any atom is -0.393 e. The summed E-state index contributed by atoms with van der Waals surface area (Å²) in [6.07, 6.45) is 5.17. The van der Waals surface area contributed by atoms with Crippen molar-refractivity contribution in [1.29, 1.82) is 0 Å². The quantitative estimate of drug-likeness (QED) is 0.853. The van der Waals surface area contributed by atoms with Gasteiger partial charge in [0.2, 0.25) is 0 Å². The van der Waals surface area contributed by atoms with Crippen molar-refractivity contribution < 1.29 is 14.3 Å². The summed E-state index contributed by atoms with van der Waals surface area (Å²) in [5, 5.41) is 9.75. The number of aliphatic hydroxyl groups is 1. The number of nitrogens with zero attached hydrogens (tertiary/aromatic N) is 2. The van der Waals surface area contributed by atoms with E-state index >= 15 is 0 Å². The highest BCUT2D eigenvalue weighted by Crippen LogP contribution is 2.35. The van der Waals surface area contributed by atoms with Gasteiger partial charge >= 0.3 is 0 Å². The SMILES string of the molecule is O=C(CCN1C2CCC1CC(O)C2)c1ccc(F)cn1. The Morgan fingerprint density at radius 1 is 1.35 bits per heavy atom. The first-order valence-electron chi connectivity index (χ1n) is 7.22. The molecule has 2 fully saturated rings. The summed E-state index contributed by atoms with van der Waals surface area (Å²) >= 11 is 0. The number of aromatic nitrogens is 1. The molecule has 0 amide bonds. The van der Waals surface area contributed by atoms with Crippen LogP contribution in [0, 0.1) is 5.82 Å². The van der Waals surface area contributed by atoms with Crippen LogP contribution in [0.15, 0.2) is 18.3 Å². The van der Waals surface area contributed by atoms with Gasteiger partial charge in [0.25, 0.3) is 0 Å². The number of carbonyl (C=O) groups is 1. The molecule has 1 N–H and O–H groups in total. The molecule has 108 valence electrons. The van der Waals surface area contributed by atoms with Gasteiger partial charge in [-0.1, -0.05) is 0 Å². The van der Waals surface area contributed by atoms with Crippen molar-refractivity contribution in [2.75, 3.05) is 6.54 Å². The zero-order chi connectivity index (χ0) is 14.1. The number of aliphatic hydroxyl groups excluding tert-OH is 1. The van der Waals surface area contributed by atoms with Crippen LogP contribution in [0.25, 0.3) is 0 Å². The molecule has 0 saturated carbocycles. The van der Waals surface area contributed by atoms with Crippen LogP contribution in [-0.2, 0) is 0 Å². The highest BCUT2D eigenvalue weighted by molar-refractivity contribution is 5.94. The second kappa shape index (κ2) is 5.58. The maximum Gasteiger partial charge on any atom is 0.182 e. The fourth-order valence-corrected chi connectivity index (χ4v) is 3.51. The largest absolute Gasteiger partial charge is 0.393 e. The summed E-state index contributed by atoms with van der Waals surface area (Å²) in [4.78, 5) is 18.2. The Morgan fingerprint density at radius 2 is 2.05 bits per heavy atom. The molecule has 2 aliphatic rings. The predicted octanol–water partition coefficient (Wildman–Crippen LogP) is 1.78. The van der Waals surface area contributed by atoms with E-state index in [9.17, 15) is 14.3 Å². The predicted molar refractivity (Wildman–Crippen MR) is 71.9 cm³/mol. The number of pyridine rings is 1. The lowest BCUT2D eigenvalue weighted by atomic mass is 9.99. The molecule has 4 nitrogen and oxygen atoms in total. The first kappa shape index (κ1) is 13.6. The molecule has 0 spiro atoms. The second-order valence-electron chi connectivity index (χ2n) is 5.78. The molecule has 3 rings (SSSR count). The lowest BCUT2D eigenvalue weighted by Gasteiger charge is -2.36. The van der Waals surface area contributed by atoms with Gasteiger partial charge < -0.3 is 5.11 Å². The highest BCUT2D eigenvalue weighted by Gasteiger charge is 2.39. The molecule has 1 aromatic heterocycles. The Kier molecular flexibility index (Phi) is 3.81. The molecule has 2 aliphatic heterocycles. The highest BCUT2D eigenvalue weighted by atomic mass is 19.1. The minimum absolute atomic E-state index is 0.0458. The zero-order valence-corrected chi connectivity index (χ0v) is 11.3. The van der Waals surface area contributed by atoms with Gasteiger partial charge in [0.1, 0.15) is 11.5 Å². The fraction of sp³-hybridized carbons (Fsp3) is 0.600. The average molecular weight is 278 g/mol. The molecule has 0 radical (unpaired) electrons. The lowest BCUT2D eigenvalue weighted by Crippen LogP contribution is -2.45. The Balaban J connectivity index is 1.57. The number of piperidine rings is 1. The van der Waals surface area contributed by atoms with Crippen LogP contribution >= 0.6 is 0 Å². The van der Waals surface area contributed by atoms with Gasteiger partial charge in [-0.15, -0.1) is 0 Å². The van der Waals surface area contributed by atoms with E-state index in [4.69, 9.17) is 0 Å². The Labute approximate surface area is 117 Å². The number of Topliss-reactive ketones (excluding diaryl/α,β-unsaturated/α-hetero) is 1. The number of fused-ring (bicyclic) bond motifs is 2. The molecule has 2 saturated heterocycles. The fourth-order valence-electron chi connectivity index (χ4n) is 3.51. The monoisotopic (exact) mass is 278 g/mol. The van der Waals surface area contributed by atoms with E-state index in [2.05, 4.69) is 9.88 Å². The van der Waals surface area contributed by atoms with Gasteiger partial charge in [0, 0.05) is 25.0 Å². The lowest BCUT2D eigenvalue weighted by molar-refractivity contribution is 0.0348. The normalized spacial score (nSPS) is 29.6. The molecule has 5 heteroatoms. The van der Waals surface area contributed by atoms with Crippen LogP contribution < -0.4 is 0 Å². The maximum absolute atomic E-state index is 12.8. The first-order chi connectivity index (χ1) is 9.63. The van der Waals surface area contributed by atoms with E-state index in [1.807, 2.05) is 0 Å². The summed E-state index contributed by atoms with van der Waals surface area (Å²) < 4.78 is 12.8. The molecule has 0 aromatic carbocycles. The van der Waals surface area contributed by atoms with Crippen molar-refractivity contribution in [1.82, 2.24) is 9.88 Å². The summed E-state index contributed by atoms with van der Waals surface area (Å²) in [6, 6.07) is 3.53. The van der Waals surface area contributed by atoms with E-state index in [-0.39, 0.29) is 11.9 Å². The molecule has 2 unspecified atom stereocenters. The van der Waals surface area contributed by atoms with E-state index < -0.39 is 5.82 Å². The second-order valence-corrected chi connectivity index (χ2v) is 5.78. The van der Waals surface area contributed by atoms with E-state index in [1.165, 1.54) is 12.1 Å². The standard InChI is InChI=1S/C15H19FN2O2/c16-10-1-4-14(17-9-10)15(20)5-6-18-11-2-3-12(18)8-13(19)7-11/h1,4,9,11-13,19H,2-3,5-8H2. The Hall–Kier alpha value is -1.33. The summed E-state index contributed by atoms with van der Waals surface area (Å²) in [6.45, 7) is 0.708. The third-order valence-electron chi connectivity index (χ3n) is 4.47. The maximum atomic E-state index is 12.8. The number of carbonyl (C=O) groups excluding carboxylic acids is 1. The number of hydrogen-bond acceptors (Lipinski definition) is 4. The molecule has 1 aromatic rings. The molecular weight excluding hydrogens is 259 g/mol. The molecule has 2 atom stereocenters. The van der Waals surface area contributed by atoms with Gasteiger partial charge in [-0.25, -0.2) is 4.39 Å². The van der Waals surface area contributed by atoms with Crippen LogP contribution in [-0.4, -0.2) is 45.5 Å². The van der Waals surface area contributed by atoms with Gasteiger partial charge in [-0.05, 0) is 37.8 Å². The third-order valence-corrected chi connectivity index (χ3v) is 4.47. The Morgan fingerprint density at radius 3 is 2.65 bits per heavy atom. The molecular formula is C15H19FN2O2. The van der Waals surface area contributed by atoms with Crippen molar-refractivity contribution in [3.63, 3.8) is 0 Å². The third kappa shape index (κ3) is 2.74. The molecule has 2 bridgehead atoms. The van der Waals surface area contributed by atoms with E-state index in [1.54, 1.807) is 0 Å². The van der Waals surface area contributed by atoms with Crippen LogP contribution in [0.3, 0.4) is 0 Å². The minimum atomic E-state index is -0.426. The van der Waals surface area contributed by atoms with Crippen molar-refractivity contribution in [2.24, 2.45) is 0 Å².